The first-order chi connectivity index (χ1) is 8.69. The van der Waals surface area contributed by atoms with Crippen LogP contribution in [0.3, 0.4) is 0 Å². The molecule has 0 saturated carbocycles. The lowest BCUT2D eigenvalue weighted by Gasteiger charge is -2.31. The van der Waals surface area contributed by atoms with Gasteiger partial charge in [0.2, 0.25) is 11.8 Å². The highest BCUT2D eigenvalue weighted by atomic mass is 16.2. The van der Waals surface area contributed by atoms with Gasteiger partial charge in [0.25, 0.3) is 0 Å². The molecule has 102 valence electrons. The molecule has 0 aromatic heterocycles. The van der Waals surface area contributed by atoms with E-state index < -0.39 is 0 Å². The highest BCUT2D eigenvalue weighted by molar-refractivity contribution is 5.89. The maximum atomic E-state index is 11.8. The highest BCUT2D eigenvalue weighted by Crippen LogP contribution is 2.16. The Hall–Kier alpha value is -1.10. The first kappa shape index (κ1) is 13.3. The van der Waals surface area contributed by atoms with E-state index >= 15 is 0 Å². The highest BCUT2D eigenvalue weighted by Gasteiger charge is 2.28. The van der Waals surface area contributed by atoms with Gasteiger partial charge in [-0.2, -0.15) is 0 Å². The van der Waals surface area contributed by atoms with Crippen molar-refractivity contribution < 1.29 is 9.59 Å². The fraction of sp³-hybridized carbons (Fsp3) is 0.846. The zero-order chi connectivity index (χ0) is 13.0. The summed E-state index contributed by atoms with van der Waals surface area (Å²) < 4.78 is 0. The van der Waals surface area contributed by atoms with Crippen molar-refractivity contribution in [2.45, 2.75) is 26.2 Å². The molecule has 2 saturated heterocycles. The van der Waals surface area contributed by atoms with E-state index in [2.05, 4.69) is 22.5 Å². The third kappa shape index (κ3) is 3.45. The largest absolute Gasteiger partial charge is 0.356 e. The molecule has 5 heteroatoms. The molecule has 18 heavy (non-hydrogen) atoms. The molecule has 2 rings (SSSR count). The van der Waals surface area contributed by atoms with Gasteiger partial charge in [-0.3, -0.25) is 9.59 Å². The predicted octanol–water partition coefficient (Wildman–Crippen LogP) is -0.0294. The molecule has 0 aliphatic carbocycles. The van der Waals surface area contributed by atoms with E-state index in [0.29, 0.717) is 18.9 Å². The van der Waals surface area contributed by atoms with Gasteiger partial charge in [0.1, 0.15) is 0 Å². The molecule has 1 atom stereocenters. The van der Waals surface area contributed by atoms with Crippen LogP contribution in [0, 0.1) is 11.8 Å². The van der Waals surface area contributed by atoms with Gasteiger partial charge < -0.3 is 15.5 Å². The summed E-state index contributed by atoms with van der Waals surface area (Å²) in [6.07, 6.45) is 2.67. The maximum absolute atomic E-state index is 11.8. The van der Waals surface area contributed by atoms with Crippen LogP contribution in [0.25, 0.3) is 0 Å². The smallest absolute Gasteiger partial charge is 0.225 e. The number of rotatable bonds is 4. The third-order valence-corrected chi connectivity index (χ3v) is 4.07. The maximum Gasteiger partial charge on any atom is 0.225 e. The van der Waals surface area contributed by atoms with Crippen LogP contribution in [-0.4, -0.2) is 49.4 Å². The summed E-state index contributed by atoms with van der Waals surface area (Å²) in [5.41, 5.74) is 0. The summed E-state index contributed by atoms with van der Waals surface area (Å²) in [7, 11) is 0. The van der Waals surface area contributed by atoms with E-state index in [-0.39, 0.29) is 17.7 Å². The number of piperidine rings is 1. The molecule has 0 aromatic rings. The van der Waals surface area contributed by atoms with Gasteiger partial charge >= 0.3 is 0 Å². The third-order valence-electron chi connectivity index (χ3n) is 4.07. The van der Waals surface area contributed by atoms with Gasteiger partial charge in [-0.1, -0.05) is 6.92 Å². The van der Waals surface area contributed by atoms with Crippen LogP contribution in [0.5, 0.6) is 0 Å². The summed E-state index contributed by atoms with van der Waals surface area (Å²) >= 11 is 0. The lowest BCUT2D eigenvalue weighted by Crippen LogP contribution is -2.40. The van der Waals surface area contributed by atoms with Crippen LogP contribution in [0.15, 0.2) is 0 Å². The minimum atomic E-state index is -0.159. The van der Waals surface area contributed by atoms with Gasteiger partial charge in [0.05, 0.1) is 5.92 Å². The molecular formula is C13H23N3O2. The molecule has 0 bridgehead atoms. The molecule has 2 aliphatic heterocycles. The second-order valence-corrected chi connectivity index (χ2v) is 5.33. The Kier molecular flexibility index (Phi) is 4.58. The summed E-state index contributed by atoms with van der Waals surface area (Å²) in [5, 5.41) is 5.69. The fourth-order valence-electron chi connectivity index (χ4n) is 2.69. The average molecular weight is 253 g/mol. The second kappa shape index (κ2) is 6.18. The number of amides is 2. The van der Waals surface area contributed by atoms with Crippen molar-refractivity contribution in [3.05, 3.63) is 0 Å². The molecule has 2 fully saturated rings. The van der Waals surface area contributed by atoms with E-state index in [9.17, 15) is 9.59 Å². The monoisotopic (exact) mass is 253 g/mol. The van der Waals surface area contributed by atoms with E-state index in [0.717, 1.165) is 39.0 Å². The van der Waals surface area contributed by atoms with Gasteiger partial charge in [0, 0.05) is 19.5 Å². The number of nitrogens with zero attached hydrogens (tertiary/aromatic N) is 1. The number of hydrogen-bond acceptors (Lipinski definition) is 3. The topological polar surface area (TPSA) is 61.4 Å². The Morgan fingerprint density at radius 3 is 2.72 bits per heavy atom. The Morgan fingerprint density at radius 1 is 1.44 bits per heavy atom. The van der Waals surface area contributed by atoms with Crippen molar-refractivity contribution in [1.29, 1.82) is 0 Å². The van der Waals surface area contributed by atoms with E-state index in [1.807, 2.05) is 0 Å². The Balaban J connectivity index is 1.66. The summed E-state index contributed by atoms with van der Waals surface area (Å²) in [6, 6.07) is 0. The van der Waals surface area contributed by atoms with Gasteiger partial charge in [-0.25, -0.2) is 0 Å². The summed E-state index contributed by atoms with van der Waals surface area (Å²) in [4.78, 5) is 25.3. The van der Waals surface area contributed by atoms with Crippen LogP contribution in [-0.2, 0) is 9.59 Å². The molecule has 1 unspecified atom stereocenters. The molecule has 5 nitrogen and oxygen atoms in total. The zero-order valence-corrected chi connectivity index (χ0v) is 11.1. The van der Waals surface area contributed by atoms with Crippen molar-refractivity contribution in [2.75, 3.05) is 32.7 Å². The second-order valence-electron chi connectivity index (χ2n) is 5.33. The lowest BCUT2D eigenvalue weighted by atomic mass is 9.96. The Bertz CT molecular complexity index is 311. The first-order valence-electron chi connectivity index (χ1n) is 6.95. The Labute approximate surface area is 108 Å². The van der Waals surface area contributed by atoms with E-state index in [1.165, 1.54) is 0 Å². The SMILES string of the molecule is CCN1CCC(CNC(=O)C2CNC(=O)C2)CC1. The van der Waals surface area contributed by atoms with Crippen LogP contribution >= 0.6 is 0 Å². The normalized spacial score (nSPS) is 26.1. The van der Waals surface area contributed by atoms with Crippen LogP contribution in [0.1, 0.15) is 26.2 Å². The molecule has 0 radical (unpaired) electrons. The molecule has 2 amide bonds. The summed E-state index contributed by atoms with van der Waals surface area (Å²) in [6.45, 7) is 6.85. The summed E-state index contributed by atoms with van der Waals surface area (Å²) in [5.74, 6) is 0.465. The molecule has 0 spiro atoms. The van der Waals surface area contributed by atoms with Crippen molar-refractivity contribution in [1.82, 2.24) is 15.5 Å². The van der Waals surface area contributed by atoms with Crippen molar-refractivity contribution in [3.8, 4) is 0 Å². The van der Waals surface area contributed by atoms with Crippen molar-refractivity contribution >= 4 is 11.8 Å². The standard InChI is InChI=1S/C13H23N3O2/c1-2-16-5-3-10(4-6-16)8-15-13(18)11-7-12(17)14-9-11/h10-11H,2-9H2,1H3,(H,14,17)(H,15,18). The van der Waals surface area contributed by atoms with E-state index in [1.54, 1.807) is 0 Å². The Morgan fingerprint density at radius 2 is 2.17 bits per heavy atom. The first-order valence-corrected chi connectivity index (χ1v) is 6.95. The minimum Gasteiger partial charge on any atom is -0.356 e. The van der Waals surface area contributed by atoms with Gasteiger partial charge in [-0.15, -0.1) is 0 Å². The fourth-order valence-corrected chi connectivity index (χ4v) is 2.69. The molecule has 2 aliphatic rings. The van der Waals surface area contributed by atoms with Gasteiger partial charge in [0.15, 0.2) is 0 Å². The number of nitrogens with one attached hydrogen (secondary N) is 2. The molecule has 0 aromatic carbocycles. The van der Waals surface area contributed by atoms with Crippen LogP contribution < -0.4 is 10.6 Å². The molecule has 2 N–H and O–H groups in total. The van der Waals surface area contributed by atoms with Crippen molar-refractivity contribution in [3.63, 3.8) is 0 Å². The molecular weight excluding hydrogens is 230 g/mol. The zero-order valence-electron chi connectivity index (χ0n) is 11.1. The average Bonchev–Trinajstić information content (AvgIpc) is 2.83. The van der Waals surface area contributed by atoms with E-state index in [4.69, 9.17) is 0 Å². The van der Waals surface area contributed by atoms with Crippen LogP contribution in [0.4, 0.5) is 0 Å². The lowest BCUT2D eigenvalue weighted by molar-refractivity contribution is -0.126. The number of hydrogen-bond donors (Lipinski definition) is 2. The van der Waals surface area contributed by atoms with Crippen molar-refractivity contribution in [2.24, 2.45) is 11.8 Å². The minimum absolute atomic E-state index is 0.00796. The number of carbonyl (C=O) groups is 2. The predicted molar refractivity (Wildman–Crippen MR) is 69.0 cm³/mol. The van der Waals surface area contributed by atoms with Crippen LogP contribution in [0.2, 0.25) is 0 Å². The number of likely N-dealkylation sites (tertiary alicyclic amines) is 1. The number of carbonyl (C=O) groups excluding carboxylic acids is 2. The quantitative estimate of drug-likeness (QED) is 0.739. The molecule has 2 heterocycles. The van der Waals surface area contributed by atoms with Gasteiger partial charge in [-0.05, 0) is 38.4 Å².